The Hall–Kier alpha value is -4.04. The molecular weight excluding hydrogens is 514 g/mol. The van der Waals surface area contributed by atoms with E-state index in [-0.39, 0.29) is 23.3 Å². The predicted molar refractivity (Wildman–Crippen MR) is 160 cm³/mol. The van der Waals surface area contributed by atoms with Gasteiger partial charge in [-0.25, -0.2) is 14.6 Å². The number of rotatable bonds is 6. The van der Waals surface area contributed by atoms with E-state index in [0.717, 1.165) is 91.6 Å². The molecule has 2 aromatic heterocycles. The molecule has 0 radical (unpaired) electrons. The van der Waals surface area contributed by atoms with Gasteiger partial charge in [-0.15, -0.1) is 0 Å². The number of ketones is 1. The summed E-state index contributed by atoms with van der Waals surface area (Å²) in [6.45, 7) is 4.28. The molecule has 4 aromatic rings. The standard InChI is InChI=1S/C33H37N5O3/c1-2-28(39)23-10-5-4-8-18-33(19-9-11-23)20-25(21-40-33)38-32-29(31(34)35-22-36-32)30(37-38)24-14-16-27(17-15-24)41-26-12-6-3-7-13-26/h2-3,6-7,12-17,22-23,25H,1,4-5,8-11,18-21H2,(H2,34,35,36). The molecule has 2 fully saturated rings. The second-order valence-corrected chi connectivity index (χ2v) is 11.3. The van der Waals surface area contributed by atoms with Gasteiger partial charge >= 0.3 is 0 Å². The third kappa shape index (κ3) is 5.75. The maximum Gasteiger partial charge on any atom is 0.164 e. The number of nitrogens with two attached hydrogens (primary N) is 1. The Morgan fingerprint density at radius 2 is 1.76 bits per heavy atom. The maximum atomic E-state index is 12.4. The van der Waals surface area contributed by atoms with Crippen molar-refractivity contribution in [3.63, 3.8) is 0 Å². The van der Waals surface area contributed by atoms with Crippen LogP contribution in [0, 0.1) is 5.92 Å². The molecule has 1 saturated carbocycles. The van der Waals surface area contributed by atoms with Crippen molar-refractivity contribution < 1.29 is 14.3 Å². The van der Waals surface area contributed by atoms with Gasteiger partial charge in [-0.1, -0.05) is 44.0 Å². The summed E-state index contributed by atoms with van der Waals surface area (Å²) in [4.78, 5) is 21.3. The Balaban J connectivity index is 1.25. The summed E-state index contributed by atoms with van der Waals surface area (Å²) < 4.78 is 14.6. The normalized spacial score (nSPS) is 23.4. The van der Waals surface area contributed by atoms with E-state index in [9.17, 15) is 4.79 Å². The van der Waals surface area contributed by atoms with Crippen LogP contribution < -0.4 is 10.5 Å². The zero-order valence-corrected chi connectivity index (χ0v) is 23.4. The lowest BCUT2D eigenvalue weighted by atomic mass is 9.82. The first-order valence-corrected chi connectivity index (χ1v) is 14.7. The Kier molecular flexibility index (Phi) is 7.83. The highest BCUT2D eigenvalue weighted by atomic mass is 16.5. The first kappa shape index (κ1) is 27.1. The molecule has 8 heteroatoms. The molecule has 1 aliphatic carbocycles. The average Bonchev–Trinajstić information content (AvgIpc) is 3.60. The van der Waals surface area contributed by atoms with Crippen molar-refractivity contribution in [3.8, 4) is 22.8 Å². The van der Waals surface area contributed by atoms with Gasteiger partial charge in [0, 0.05) is 17.9 Å². The van der Waals surface area contributed by atoms with Gasteiger partial charge in [0.05, 0.1) is 23.6 Å². The lowest BCUT2D eigenvalue weighted by Gasteiger charge is -2.30. The van der Waals surface area contributed by atoms with Gasteiger partial charge in [0.25, 0.3) is 0 Å². The van der Waals surface area contributed by atoms with E-state index >= 15 is 0 Å². The van der Waals surface area contributed by atoms with E-state index in [1.807, 2.05) is 59.3 Å². The minimum absolute atomic E-state index is 0.0368. The Morgan fingerprint density at radius 3 is 2.56 bits per heavy atom. The predicted octanol–water partition coefficient (Wildman–Crippen LogP) is 7.07. The van der Waals surface area contributed by atoms with Gasteiger partial charge in [-0.05, 0) is 74.6 Å². The fourth-order valence-electron chi connectivity index (χ4n) is 6.49. The number of allylic oxidation sites excluding steroid dienone is 1. The monoisotopic (exact) mass is 551 g/mol. The van der Waals surface area contributed by atoms with Crippen LogP contribution in [0.15, 0.2) is 73.6 Å². The van der Waals surface area contributed by atoms with Crippen molar-refractivity contribution in [2.24, 2.45) is 5.92 Å². The van der Waals surface area contributed by atoms with Gasteiger partial charge in [0.1, 0.15) is 29.3 Å². The van der Waals surface area contributed by atoms with E-state index in [1.165, 1.54) is 12.4 Å². The van der Waals surface area contributed by atoms with E-state index < -0.39 is 0 Å². The largest absolute Gasteiger partial charge is 0.457 e. The number of carbonyl (C=O) groups excluding carboxylic acids is 1. The molecule has 3 heterocycles. The topological polar surface area (TPSA) is 105 Å². The zero-order valence-electron chi connectivity index (χ0n) is 23.4. The van der Waals surface area contributed by atoms with Crippen LogP contribution in [0.3, 0.4) is 0 Å². The Morgan fingerprint density at radius 1 is 1.00 bits per heavy atom. The van der Waals surface area contributed by atoms with E-state index in [1.54, 1.807) is 0 Å². The quantitative estimate of drug-likeness (QED) is 0.255. The van der Waals surface area contributed by atoms with Crippen molar-refractivity contribution in [1.29, 1.82) is 0 Å². The van der Waals surface area contributed by atoms with Crippen molar-refractivity contribution >= 4 is 22.6 Å². The molecule has 3 atom stereocenters. The summed E-state index contributed by atoms with van der Waals surface area (Å²) in [5.41, 5.74) is 8.58. The van der Waals surface area contributed by atoms with Gasteiger partial charge in [0.2, 0.25) is 0 Å². The highest BCUT2D eigenvalue weighted by molar-refractivity contribution is 5.98. The number of nitrogens with zero attached hydrogens (tertiary/aromatic N) is 4. The first-order chi connectivity index (χ1) is 20.0. The van der Waals surface area contributed by atoms with Crippen LogP contribution in [-0.4, -0.2) is 37.7 Å². The highest BCUT2D eigenvalue weighted by Crippen LogP contribution is 2.43. The minimum Gasteiger partial charge on any atom is -0.457 e. The fraction of sp³-hybridized carbons (Fsp3) is 0.394. The lowest BCUT2D eigenvalue weighted by molar-refractivity contribution is -0.118. The second-order valence-electron chi connectivity index (χ2n) is 11.3. The van der Waals surface area contributed by atoms with Gasteiger partial charge in [-0.2, -0.15) is 5.10 Å². The summed E-state index contributed by atoms with van der Waals surface area (Å²) in [6.07, 6.45) is 11.9. The van der Waals surface area contributed by atoms with Crippen molar-refractivity contribution in [2.75, 3.05) is 12.3 Å². The van der Waals surface area contributed by atoms with Crippen LogP contribution in [0.25, 0.3) is 22.3 Å². The van der Waals surface area contributed by atoms with Crippen LogP contribution in [-0.2, 0) is 9.53 Å². The number of hydrogen-bond acceptors (Lipinski definition) is 7. The minimum atomic E-state index is -0.211. The molecular formula is C33H37N5O3. The number of anilines is 1. The first-order valence-electron chi connectivity index (χ1n) is 14.7. The number of fused-ring (bicyclic) bond motifs is 1. The van der Waals surface area contributed by atoms with Crippen molar-refractivity contribution in [3.05, 3.63) is 73.6 Å². The third-order valence-electron chi connectivity index (χ3n) is 8.63. The summed E-state index contributed by atoms with van der Waals surface area (Å²) >= 11 is 0. The van der Waals surface area contributed by atoms with Gasteiger partial charge < -0.3 is 15.2 Å². The molecule has 2 N–H and O–H groups in total. The smallest absolute Gasteiger partial charge is 0.164 e. The van der Waals surface area contributed by atoms with Crippen LogP contribution in [0.1, 0.15) is 63.8 Å². The summed E-state index contributed by atoms with van der Waals surface area (Å²) in [6, 6.07) is 17.6. The van der Waals surface area contributed by atoms with Crippen molar-refractivity contribution in [1.82, 2.24) is 19.7 Å². The molecule has 2 aliphatic rings. The molecule has 6 rings (SSSR count). The molecule has 8 nitrogen and oxygen atoms in total. The highest BCUT2D eigenvalue weighted by Gasteiger charge is 2.42. The SMILES string of the molecule is C=CC(=O)C1CCCCCC2(CCC1)CC(n1nc(-c3ccc(Oc4ccccc4)cc3)c3c(N)ncnc31)CO2. The molecule has 41 heavy (non-hydrogen) atoms. The van der Waals surface area contributed by atoms with Crippen molar-refractivity contribution in [2.45, 2.75) is 69.4 Å². The number of aromatic nitrogens is 4. The van der Waals surface area contributed by atoms with Crippen LogP contribution in [0.4, 0.5) is 5.82 Å². The molecule has 1 aliphatic heterocycles. The third-order valence-corrected chi connectivity index (χ3v) is 8.63. The number of benzene rings is 2. The average molecular weight is 552 g/mol. The lowest BCUT2D eigenvalue weighted by Crippen LogP contribution is -2.29. The van der Waals surface area contributed by atoms with E-state index in [0.29, 0.717) is 12.4 Å². The molecule has 2 aromatic carbocycles. The maximum absolute atomic E-state index is 12.4. The van der Waals surface area contributed by atoms with E-state index in [2.05, 4.69) is 16.5 Å². The van der Waals surface area contributed by atoms with Gasteiger partial charge in [-0.3, -0.25) is 4.79 Å². The van der Waals surface area contributed by atoms with Crippen LogP contribution in [0.2, 0.25) is 0 Å². The number of carbonyl (C=O) groups is 1. The van der Waals surface area contributed by atoms with E-state index in [4.69, 9.17) is 20.3 Å². The fourth-order valence-corrected chi connectivity index (χ4v) is 6.49. The molecule has 1 saturated heterocycles. The number of nitrogen functional groups attached to an aromatic ring is 1. The molecule has 0 amide bonds. The molecule has 3 unspecified atom stereocenters. The summed E-state index contributed by atoms with van der Waals surface area (Å²) in [5, 5.41) is 5.83. The molecule has 212 valence electrons. The molecule has 1 spiro atoms. The number of hydrogen-bond donors (Lipinski definition) is 1. The summed E-state index contributed by atoms with van der Waals surface area (Å²) in [5.74, 6) is 2.20. The Labute approximate surface area is 240 Å². The number of ether oxygens (including phenoxy) is 2. The van der Waals surface area contributed by atoms with Gasteiger partial charge in [0.15, 0.2) is 11.4 Å². The second kappa shape index (κ2) is 11.8. The zero-order chi connectivity index (χ0) is 28.2. The summed E-state index contributed by atoms with van der Waals surface area (Å²) in [7, 11) is 0. The van der Waals surface area contributed by atoms with Crippen LogP contribution in [0.5, 0.6) is 11.5 Å². The molecule has 0 bridgehead atoms. The number of para-hydroxylation sites is 1. The Bertz CT molecular complexity index is 1520. The van der Waals surface area contributed by atoms with Crippen LogP contribution >= 0.6 is 0 Å².